The van der Waals surface area contributed by atoms with Gasteiger partial charge in [-0.25, -0.2) is 4.39 Å². The lowest BCUT2D eigenvalue weighted by Crippen LogP contribution is -2.17. The second-order valence-corrected chi connectivity index (χ2v) is 5.49. The lowest BCUT2D eigenvalue weighted by molar-refractivity contribution is 0.408. The Kier molecular flexibility index (Phi) is 4.89. The standard InChI is InChI=1S/C20H20FNO/c1-23-20-11-10-15-6-2-4-8-17(15)18(20)14-22-13-12-16-7-3-5-9-19(16)21/h2-11,22H,12-14H2,1H3. The lowest BCUT2D eigenvalue weighted by atomic mass is 10.0. The highest BCUT2D eigenvalue weighted by Crippen LogP contribution is 2.27. The number of hydrogen-bond acceptors (Lipinski definition) is 2. The van der Waals surface area contributed by atoms with Gasteiger partial charge in [0.25, 0.3) is 0 Å². The third kappa shape index (κ3) is 3.51. The summed E-state index contributed by atoms with van der Waals surface area (Å²) in [5, 5.41) is 5.78. The van der Waals surface area contributed by atoms with Crippen LogP contribution in [0.1, 0.15) is 11.1 Å². The normalized spacial score (nSPS) is 10.9. The van der Waals surface area contributed by atoms with Crippen LogP contribution in [0.3, 0.4) is 0 Å². The average molecular weight is 309 g/mol. The highest BCUT2D eigenvalue weighted by atomic mass is 19.1. The molecule has 0 fully saturated rings. The fraction of sp³-hybridized carbons (Fsp3) is 0.200. The van der Waals surface area contributed by atoms with E-state index < -0.39 is 0 Å². The highest BCUT2D eigenvalue weighted by molar-refractivity contribution is 5.87. The zero-order chi connectivity index (χ0) is 16.1. The molecule has 0 aliphatic carbocycles. The summed E-state index contributed by atoms with van der Waals surface area (Å²) in [6.45, 7) is 1.41. The molecule has 0 aliphatic heterocycles. The maximum atomic E-state index is 13.6. The minimum Gasteiger partial charge on any atom is -0.496 e. The predicted octanol–water partition coefficient (Wildman–Crippen LogP) is 4.32. The number of fused-ring (bicyclic) bond motifs is 1. The van der Waals surface area contributed by atoms with E-state index in [1.54, 1.807) is 13.2 Å². The van der Waals surface area contributed by atoms with Gasteiger partial charge < -0.3 is 10.1 Å². The molecule has 118 valence electrons. The molecule has 0 saturated carbocycles. The first-order valence-electron chi connectivity index (χ1n) is 7.78. The molecule has 0 radical (unpaired) electrons. The van der Waals surface area contributed by atoms with E-state index in [0.29, 0.717) is 19.5 Å². The Morgan fingerprint density at radius 2 is 1.74 bits per heavy atom. The van der Waals surface area contributed by atoms with Crippen LogP contribution < -0.4 is 10.1 Å². The Morgan fingerprint density at radius 1 is 0.957 bits per heavy atom. The lowest BCUT2D eigenvalue weighted by Gasteiger charge is -2.13. The van der Waals surface area contributed by atoms with Gasteiger partial charge in [0, 0.05) is 12.1 Å². The highest BCUT2D eigenvalue weighted by Gasteiger charge is 2.08. The van der Waals surface area contributed by atoms with E-state index >= 15 is 0 Å². The zero-order valence-corrected chi connectivity index (χ0v) is 13.2. The number of benzene rings is 3. The quantitative estimate of drug-likeness (QED) is 0.685. The third-order valence-corrected chi connectivity index (χ3v) is 4.05. The van der Waals surface area contributed by atoms with Crippen molar-refractivity contribution in [3.63, 3.8) is 0 Å². The first-order valence-corrected chi connectivity index (χ1v) is 7.78. The molecular formula is C20H20FNO. The summed E-state index contributed by atoms with van der Waals surface area (Å²) in [4.78, 5) is 0. The fourth-order valence-corrected chi connectivity index (χ4v) is 2.83. The molecule has 3 aromatic carbocycles. The van der Waals surface area contributed by atoms with Crippen LogP contribution in [0, 0.1) is 5.82 Å². The van der Waals surface area contributed by atoms with Crippen molar-refractivity contribution in [2.45, 2.75) is 13.0 Å². The van der Waals surface area contributed by atoms with Gasteiger partial charge in [-0.15, -0.1) is 0 Å². The first kappa shape index (κ1) is 15.5. The summed E-state index contributed by atoms with van der Waals surface area (Å²) in [7, 11) is 1.69. The molecule has 2 nitrogen and oxygen atoms in total. The van der Waals surface area contributed by atoms with Crippen molar-refractivity contribution in [3.8, 4) is 5.75 Å². The molecule has 1 N–H and O–H groups in total. The Labute approximate surface area is 135 Å². The number of methoxy groups -OCH3 is 1. The minimum atomic E-state index is -0.142. The van der Waals surface area contributed by atoms with Gasteiger partial charge in [0.15, 0.2) is 0 Å². The molecule has 0 saturated heterocycles. The van der Waals surface area contributed by atoms with E-state index in [1.807, 2.05) is 30.3 Å². The Bertz CT molecular complexity index is 801. The van der Waals surface area contributed by atoms with Gasteiger partial charge >= 0.3 is 0 Å². The van der Waals surface area contributed by atoms with Crippen molar-refractivity contribution < 1.29 is 9.13 Å². The zero-order valence-electron chi connectivity index (χ0n) is 13.2. The van der Waals surface area contributed by atoms with Crippen molar-refractivity contribution in [2.24, 2.45) is 0 Å². The van der Waals surface area contributed by atoms with E-state index in [4.69, 9.17) is 4.74 Å². The van der Waals surface area contributed by atoms with E-state index in [-0.39, 0.29) is 5.82 Å². The van der Waals surface area contributed by atoms with Gasteiger partial charge in [-0.05, 0) is 41.4 Å². The molecule has 0 unspecified atom stereocenters. The predicted molar refractivity (Wildman–Crippen MR) is 92.3 cm³/mol. The van der Waals surface area contributed by atoms with Crippen LogP contribution in [0.4, 0.5) is 4.39 Å². The van der Waals surface area contributed by atoms with Gasteiger partial charge in [0.1, 0.15) is 11.6 Å². The van der Waals surface area contributed by atoms with Crippen molar-refractivity contribution in [1.29, 1.82) is 0 Å². The maximum Gasteiger partial charge on any atom is 0.126 e. The van der Waals surface area contributed by atoms with Crippen molar-refractivity contribution >= 4 is 10.8 Å². The summed E-state index contributed by atoms with van der Waals surface area (Å²) < 4.78 is 19.1. The smallest absolute Gasteiger partial charge is 0.126 e. The molecule has 3 rings (SSSR count). The van der Waals surface area contributed by atoms with Gasteiger partial charge in [-0.3, -0.25) is 0 Å². The van der Waals surface area contributed by atoms with E-state index in [9.17, 15) is 4.39 Å². The molecular weight excluding hydrogens is 289 g/mol. The number of nitrogens with one attached hydrogen (secondary N) is 1. The molecule has 0 aliphatic rings. The van der Waals surface area contributed by atoms with E-state index in [0.717, 1.165) is 16.9 Å². The molecule has 0 aromatic heterocycles. The molecule has 0 spiro atoms. The van der Waals surface area contributed by atoms with Gasteiger partial charge in [-0.2, -0.15) is 0 Å². The van der Waals surface area contributed by atoms with Crippen molar-refractivity contribution in [3.05, 3.63) is 77.6 Å². The third-order valence-electron chi connectivity index (χ3n) is 4.05. The Hall–Kier alpha value is -2.39. The summed E-state index contributed by atoms with van der Waals surface area (Å²) in [6, 6.07) is 19.2. The summed E-state index contributed by atoms with van der Waals surface area (Å²) in [5.74, 6) is 0.735. The number of hydrogen-bond donors (Lipinski definition) is 1. The van der Waals surface area contributed by atoms with Gasteiger partial charge in [-0.1, -0.05) is 48.5 Å². The summed E-state index contributed by atoms with van der Waals surface area (Å²) in [5.41, 5.74) is 1.88. The van der Waals surface area contributed by atoms with Crippen LogP contribution in [-0.2, 0) is 13.0 Å². The summed E-state index contributed by atoms with van der Waals surface area (Å²) >= 11 is 0. The Balaban J connectivity index is 1.70. The molecule has 3 heteroatoms. The average Bonchev–Trinajstić information content (AvgIpc) is 2.60. The summed E-state index contributed by atoms with van der Waals surface area (Å²) in [6.07, 6.45) is 0.666. The first-order chi connectivity index (χ1) is 11.3. The van der Waals surface area contributed by atoms with Crippen LogP contribution in [-0.4, -0.2) is 13.7 Å². The van der Waals surface area contributed by atoms with Crippen LogP contribution >= 0.6 is 0 Å². The molecule has 23 heavy (non-hydrogen) atoms. The largest absolute Gasteiger partial charge is 0.496 e. The maximum absolute atomic E-state index is 13.6. The number of halogens is 1. The second kappa shape index (κ2) is 7.25. The molecule has 0 bridgehead atoms. The Morgan fingerprint density at radius 3 is 2.57 bits per heavy atom. The monoisotopic (exact) mass is 309 g/mol. The second-order valence-electron chi connectivity index (χ2n) is 5.49. The SMILES string of the molecule is COc1ccc2ccccc2c1CNCCc1ccccc1F. The van der Waals surface area contributed by atoms with E-state index in [2.05, 4.69) is 23.5 Å². The van der Waals surface area contributed by atoms with Crippen LogP contribution in [0.15, 0.2) is 60.7 Å². The number of ether oxygens (including phenoxy) is 1. The fourth-order valence-electron chi connectivity index (χ4n) is 2.83. The van der Waals surface area contributed by atoms with Crippen molar-refractivity contribution in [1.82, 2.24) is 5.32 Å². The molecule has 3 aromatic rings. The topological polar surface area (TPSA) is 21.3 Å². The van der Waals surface area contributed by atoms with Crippen molar-refractivity contribution in [2.75, 3.05) is 13.7 Å². The van der Waals surface area contributed by atoms with Crippen LogP contribution in [0.25, 0.3) is 10.8 Å². The van der Waals surface area contributed by atoms with E-state index in [1.165, 1.54) is 16.8 Å². The molecule has 0 heterocycles. The molecule has 0 atom stereocenters. The van der Waals surface area contributed by atoms with Gasteiger partial charge in [0.05, 0.1) is 7.11 Å². The van der Waals surface area contributed by atoms with Crippen LogP contribution in [0.2, 0.25) is 0 Å². The van der Waals surface area contributed by atoms with Crippen LogP contribution in [0.5, 0.6) is 5.75 Å². The minimum absolute atomic E-state index is 0.142. The van der Waals surface area contributed by atoms with Gasteiger partial charge in [0.2, 0.25) is 0 Å². The number of rotatable bonds is 6. The molecule has 0 amide bonds.